The molecule has 1 aromatic rings. The van der Waals surface area contributed by atoms with Gasteiger partial charge in [-0.3, -0.25) is 9.69 Å². The number of benzene rings is 1. The molecule has 0 saturated heterocycles. The van der Waals surface area contributed by atoms with Crippen molar-refractivity contribution in [3.63, 3.8) is 0 Å². The quantitative estimate of drug-likeness (QED) is 0.406. The van der Waals surface area contributed by atoms with Gasteiger partial charge in [0.2, 0.25) is 5.91 Å². The van der Waals surface area contributed by atoms with E-state index in [0.29, 0.717) is 30.8 Å². The predicted molar refractivity (Wildman–Crippen MR) is 119 cm³/mol. The van der Waals surface area contributed by atoms with Crippen molar-refractivity contribution in [2.75, 3.05) is 35.0 Å². The fourth-order valence-corrected chi connectivity index (χ4v) is 3.01. The van der Waals surface area contributed by atoms with Crippen LogP contribution in [0.5, 0.6) is 5.75 Å². The van der Waals surface area contributed by atoms with Gasteiger partial charge in [0.25, 0.3) is 0 Å². The molecule has 1 rings (SSSR count). The Hall–Kier alpha value is -2.81. The van der Waals surface area contributed by atoms with Gasteiger partial charge in [0.05, 0.1) is 14.2 Å². The van der Waals surface area contributed by atoms with Crippen LogP contribution in [0, 0.1) is 0 Å². The summed E-state index contributed by atoms with van der Waals surface area (Å²) in [5.74, 6) is -0.465. The molecule has 180 valence electrons. The highest BCUT2D eigenvalue weighted by atomic mass is 16.6. The zero-order chi connectivity index (χ0) is 24.3. The highest BCUT2D eigenvalue weighted by molar-refractivity contribution is 5.90. The van der Waals surface area contributed by atoms with Gasteiger partial charge in [-0.25, -0.2) is 9.59 Å². The van der Waals surface area contributed by atoms with E-state index in [4.69, 9.17) is 18.9 Å². The van der Waals surface area contributed by atoms with E-state index in [-0.39, 0.29) is 0 Å². The summed E-state index contributed by atoms with van der Waals surface area (Å²) in [5, 5.41) is 2.74. The van der Waals surface area contributed by atoms with Crippen LogP contribution < -0.4 is 10.1 Å². The third-order valence-corrected chi connectivity index (χ3v) is 4.64. The lowest BCUT2D eigenvalue weighted by Gasteiger charge is -2.31. The van der Waals surface area contributed by atoms with Gasteiger partial charge in [-0.2, -0.15) is 0 Å². The molecule has 9 nitrogen and oxygen atoms in total. The summed E-state index contributed by atoms with van der Waals surface area (Å²) < 4.78 is 20.5. The normalized spacial score (nSPS) is 13.0. The molecule has 1 N–H and O–H groups in total. The molecule has 0 aromatic heterocycles. The molecule has 0 radical (unpaired) electrons. The van der Waals surface area contributed by atoms with Gasteiger partial charge in [-0.15, -0.1) is 0 Å². The van der Waals surface area contributed by atoms with E-state index in [0.717, 1.165) is 6.42 Å². The molecular formula is C23H36N2O7. The SMILES string of the molecule is COCCCCC(NC(=O)C(c1ccc(OC)cc1)N(C)C(=O)OC(C)(C)C)C(=O)OC. The average Bonchev–Trinajstić information content (AvgIpc) is 2.74. The second kappa shape index (κ2) is 12.9. The molecule has 0 saturated carbocycles. The van der Waals surface area contributed by atoms with Crippen LogP contribution in [-0.4, -0.2) is 69.5 Å². The molecular weight excluding hydrogens is 416 g/mol. The first-order valence-corrected chi connectivity index (χ1v) is 10.5. The lowest BCUT2D eigenvalue weighted by molar-refractivity contribution is -0.146. The lowest BCUT2D eigenvalue weighted by Crippen LogP contribution is -2.48. The lowest BCUT2D eigenvalue weighted by atomic mass is 10.0. The highest BCUT2D eigenvalue weighted by Crippen LogP contribution is 2.25. The molecule has 0 spiro atoms. The molecule has 0 aliphatic heterocycles. The fraction of sp³-hybridized carbons (Fsp3) is 0.609. The molecule has 0 bridgehead atoms. The van der Waals surface area contributed by atoms with Crippen molar-refractivity contribution in [3.8, 4) is 5.75 Å². The minimum atomic E-state index is -1.03. The average molecular weight is 453 g/mol. The molecule has 0 fully saturated rings. The maximum atomic E-state index is 13.3. The number of esters is 1. The Bertz CT molecular complexity index is 744. The van der Waals surface area contributed by atoms with Crippen LogP contribution in [0.2, 0.25) is 0 Å². The summed E-state index contributed by atoms with van der Waals surface area (Å²) in [6, 6.07) is 4.90. The smallest absolute Gasteiger partial charge is 0.410 e. The number of carbonyl (C=O) groups is 3. The molecule has 0 aliphatic carbocycles. The van der Waals surface area contributed by atoms with Gasteiger partial charge in [0, 0.05) is 20.8 Å². The Morgan fingerprint density at radius 2 is 1.66 bits per heavy atom. The Labute approximate surface area is 190 Å². The molecule has 0 aliphatic rings. The van der Waals surface area contributed by atoms with Crippen molar-refractivity contribution in [1.82, 2.24) is 10.2 Å². The van der Waals surface area contributed by atoms with E-state index >= 15 is 0 Å². The Kier molecular flexibility index (Phi) is 11.0. The van der Waals surface area contributed by atoms with E-state index in [1.807, 2.05) is 0 Å². The Morgan fingerprint density at radius 3 is 2.16 bits per heavy atom. The van der Waals surface area contributed by atoms with Crippen LogP contribution >= 0.6 is 0 Å². The number of ether oxygens (including phenoxy) is 4. The summed E-state index contributed by atoms with van der Waals surface area (Å²) in [6.07, 6.45) is 1.11. The van der Waals surface area contributed by atoms with Crippen molar-refractivity contribution in [1.29, 1.82) is 0 Å². The van der Waals surface area contributed by atoms with Gasteiger partial charge < -0.3 is 24.3 Å². The summed E-state index contributed by atoms with van der Waals surface area (Å²) in [5.41, 5.74) is -0.193. The van der Waals surface area contributed by atoms with E-state index < -0.39 is 35.7 Å². The molecule has 1 aromatic carbocycles. The standard InChI is InChI=1S/C23H36N2O7/c1-23(2,3)32-22(28)25(4)19(16-11-13-17(30-6)14-12-16)20(26)24-18(21(27)31-7)10-8-9-15-29-5/h11-14,18-19H,8-10,15H2,1-7H3,(H,24,26). The summed E-state index contributed by atoms with van der Waals surface area (Å²) >= 11 is 0. The van der Waals surface area contributed by atoms with E-state index in [1.165, 1.54) is 26.2 Å². The van der Waals surface area contributed by atoms with Crippen LogP contribution in [0.4, 0.5) is 4.79 Å². The van der Waals surface area contributed by atoms with Crippen LogP contribution in [0.25, 0.3) is 0 Å². The third kappa shape index (κ3) is 8.74. The maximum Gasteiger partial charge on any atom is 0.410 e. The topological polar surface area (TPSA) is 103 Å². The summed E-state index contributed by atoms with van der Waals surface area (Å²) in [7, 11) is 5.89. The Morgan fingerprint density at radius 1 is 1.03 bits per heavy atom. The number of likely N-dealkylation sites (N-methyl/N-ethyl adjacent to an activating group) is 1. The fourth-order valence-electron chi connectivity index (χ4n) is 3.01. The first kappa shape index (κ1) is 27.2. The van der Waals surface area contributed by atoms with Gasteiger partial charge in [0.15, 0.2) is 0 Å². The molecule has 32 heavy (non-hydrogen) atoms. The van der Waals surface area contributed by atoms with Crippen LogP contribution in [0.3, 0.4) is 0 Å². The minimum absolute atomic E-state index is 0.382. The van der Waals surface area contributed by atoms with Crippen molar-refractivity contribution >= 4 is 18.0 Å². The van der Waals surface area contributed by atoms with E-state index in [2.05, 4.69) is 5.32 Å². The number of nitrogens with one attached hydrogen (secondary N) is 1. The number of hydrogen-bond acceptors (Lipinski definition) is 7. The first-order valence-electron chi connectivity index (χ1n) is 10.5. The highest BCUT2D eigenvalue weighted by Gasteiger charge is 2.34. The summed E-state index contributed by atoms with van der Waals surface area (Å²) in [6.45, 7) is 5.79. The number of rotatable bonds is 11. The van der Waals surface area contributed by atoms with Crippen molar-refractivity contribution < 1.29 is 33.3 Å². The number of unbranched alkanes of at least 4 members (excludes halogenated alkanes) is 1. The summed E-state index contributed by atoms with van der Waals surface area (Å²) in [4.78, 5) is 39.5. The third-order valence-electron chi connectivity index (χ3n) is 4.64. The molecule has 9 heteroatoms. The number of carbonyl (C=O) groups excluding carboxylic acids is 3. The predicted octanol–water partition coefficient (Wildman–Crippen LogP) is 3.08. The van der Waals surface area contributed by atoms with Crippen LogP contribution in [-0.2, 0) is 23.8 Å². The largest absolute Gasteiger partial charge is 0.497 e. The monoisotopic (exact) mass is 452 g/mol. The van der Waals surface area contributed by atoms with Crippen molar-refractivity contribution in [3.05, 3.63) is 29.8 Å². The van der Waals surface area contributed by atoms with Crippen molar-refractivity contribution in [2.45, 2.75) is 57.7 Å². The van der Waals surface area contributed by atoms with Gasteiger partial charge in [0.1, 0.15) is 23.4 Å². The number of hydrogen-bond donors (Lipinski definition) is 1. The molecule has 2 amide bonds. The van der Waals surface area contributed by atoms with Crippen molar-refractivity contribution in [2.24, 2.45) is 0 Å². The van der Waals surface area contributed by atoms with E-state index in [1.54, 1.807) is 52.1 Å². The molecule has 2 atom stereocenters. The van der Waals surface area contributed by atoms with Gasteiger partial charge in [-0.1, -0.05) is 12.1 Å². The molecule has 0 heterocycles. The number of nitrogens with zero attached hydrogens (tertiary/aromatic N) is 1. The maximum absolute atomic E-state index is 13.3. The number of amides is 2. The Balaban J connectivity index is 3.15. The number of methoxy groups -OCH3 is 3. The van der Waals surface area contributed by atoms with E-state index in [9.17, 15) is 14.4 Å². The van der Waals surface area contributed by atoms with Crippen LogP contribution in [0.1, 0.15) is 51.6 Å². The van der Waals surface area contributed by atoms with Gasteiger partial charge in [-0.05, 0) is 57.7 Å². The second-order valence-corrected chi connectivity index (χ2v) is 8.34. The zero-order valence-electron chi connectivity index (χ0n) is 20.1. The van der Waals surface area contributed by atoms with Crippen LogP contribution in [0.15, 0.2) is 24.3 Å². The first-order chi connectivity index (χ1) is 15.0. The molecule has 2 unspecified atom stereocenters. The second-order valence-electron chi connectivity index (χ2n) is 8.34. The zero-order valence-corrected chi connectivity index (χ0v) is 20.1. The van der Waals surface area contributed by atoms with Gasteiger partial charge >= 0.3 is 12.1 Å². The minimum Gasteiger partial charge on any atom is -0.497 e.